The van der Waals surface area contributed by atoms with Crippen LogP contribution < -0.4 is 5.73 Å². The van der Waals surface area contributed by atoms with Crippen LogP contribution in [0.3, 0.4) is 0 Å². The zero-order chi connectivity index (χ0) is 10.7. The fourth-order valence-corrected chi connectivity index (χ4v) is 2.34. The molecule has 0 bridgehead atoms. The Morgan fingerprint density at radius 2 is 2.40 bits per heavy atom. The lowest BCUT2D eigenvalue weighted by molar-refractivity contribution is 0.118. The van der Waals surface area contributed by atoms with E-state index in [4.69, 9.17) is 10.2 Å². The lowest BCUT2D eigenvalue weighted by Crippen LogP contribution is -2.45. The van der Waals surface area contributed by atoms with Gasteiger partial charge in [-0.25, -0.2) is 0 Å². The van der Waals surface area contributed by atoms with Crippen LogP contribution in [0.2, 0.25) is 0 Å². The summed E-state index contributed by atoms with van der Waals surface area (Å²) in [6.07, 6.45) is 7.60. The van der Waals surface area contributed by atoms with Gasteiger partial charge in [-0.05, 0) is 31.9 Å². The molecule has 1 unspecified atom stereocenters. The van der Waals surface area contributed by atoms with E-state index < -0.39 is 0 Å². The highest BCUT2D eigenvalue weighted by molar-refractivity contribution is 5.05. The molecule has 0 spiro atoms. The second kappa shape index (κ2) is 4.81. The monoisotopic (exact) mass is 208 g/mol. The quantitative estimate of drug-likeness (QED) is 0.803. The van der Waals surface area contributed by atoms with Gasteiger partial charge in [0, 0.05) is 24.7 Å². The molecule has 0 saturated heterocycles. The zero-order valence-electron chi connectivity index (χ0n) is 9.36. The van der Waals surface area contributed by atoms with Crippen molar-refractivity contribution in [1.82, 2.24) is 4.90 Å². The van der Waals surface area contributed by atoms with Crippen LogP contribution in [0.5, 0.6) is 0 Å². The van der Waals surface area contributed by atoms with Gasteiger partial charge < -0.3 is 10.2 Å². The Labute approximate surface area is 91.2 Å². The molecule has 3 heteroatoms. The molecule has 84 valence electrons. The number of nitrogens with zero attached hydrogens (tertiary/aromatic N) is 1. The smallest absolute Gasteiger partial charge is 0.0947 e. The molecule has 1 fully saturated rings. The first kappa shape index (κ1) is 10.7. The van der Waals surface area contributed by atoms with Crippen LogP contribution in [0.1, 0.15) is 24.8 Å². The molecule has 0 aliphatic heterocycles. The predicted octanol–water partition coefficient (Wildman–Crippen LogP) is 1.84. The Morgan fingerprint density at radius 1 is 1.60 bits per heavy atom. The highest BCUT2D eigenvalue weighted by atomic mass is 16.3. The van der Waals surface area contributed by atoms with Crippen molar-refractivity contribution in [3.8, 4) is 0 Å². The Hall–Kier alpha value is -0.800. The molecule has 1 aliphatic rings. The first-order valence-corrected chi connectivity index (χ1v) is 5.72. The maximum absolute atomic E-state index is 5.85. The van der Waals surface area contributed by atoms with Crippen molar-refractivity contribution < 1.29 is 4.42 Å². The van der Waals surface area contributed by atoms with Crippen LogP contribution in [0.25, 0.3) is 0 Å². The van der Waals surface area contributed by atoms with Gasteiger partial charge >= 0.3 is 0 Å². The number of hydrogen-bond donors (Lipinski definition) is 1. The normalized spacial score (nSPS) is 19.1. The van der Waals surface area contributed by atoms with Gasteiger partial charge in [-0.3, -0.25) is 4.90 Å². The molecule has 1 saturated carbocycles. The third kappa shape index (κ3) is 2.41. The minimum absolute atomic E-state index is 0.536. The van der Waals surface area contributed by atoms with E-state index in [1.165, 1.54) is 24.8 Å². The van der Waals surface area contributed by atoms with E-state index in [1.54, 1.807) is 6.26 Å². The summed E-state index contributed by atoms with van der Waals surface area (Å²) in [4.78, 5) is 2.36. The third-order valence-electron chi connectivity index (χ3n) is 3.51. The van der Waals surface area contributed by atoms with Crippen LogP contribution >= 0.6 is 0 Å². The summed E-state index contributed by atoms with van der Waals surface area (Å²) in [6.45, 7) is 1.70. The number of nitrogens with two attached hydrogens (primary N) is 1. The summed E-state index contributed by atoms with van der Waals surface area (Å²) in [6, 6.07) is 2.55. The molecule has 2 rings (SSSR count). The Kier molecular flexibility index (Phi) is 3.44. The second-order valence-electron chi connectivity index (χ2n) is 4.54. The van der Waals surface area contributed by atoms with Gasteiger partial charge in [0.2, 0.25) is 0 Å². The maximum Gasteiger partial charge on any atom is 0.0947 e. The van der Waals surface area contributed by atoms with Crippen molar-refractivity contribution in [3.05, 3.63) is 24.2 Å². The summed E-state index contributed by atoms with van der Waals surface area (Å²) in [5.74, 6) is 0.812. The Balaban J connectivity index is 1.90. The van der Waals surface area contributed by atoms with E-state index in [0.29, 0.717) is 6.04 Å². The number of rotatable bonds is 5. The van der Waals surface area contributed by atoms with Gasteiger partial charge in [-0.1, -0.05) is 6.42 Å². The maximum atomic E-state index is 5.85. The minimum atomic E-state index is 0.536. The fraction of sp³-hybridized carbons (Fsp3) is 0.667. The highest BCUT2D eigenvalue weighted by Gasteiger charge is 2.28. The van der Waals surface area contributed by atoms with Crippen LogP contribution in [-0.2, 0) is 6.54 Å². The molecule has 1 aromatic rings. The average Bonchev–Trinajstić information content (AvgIpc) is 2.63. The zero-order valence-corrected chi connectivity index (χ0v) is 9.36. The van der Waals surface area contributed by atoms with Gasteiger partial charge in [0.15, 0.2) is 0 Å². The van der Waals surface area contributed by atoms with E-state index in [9.17, 15) is 0 Å². The van der Waals surface area contributed by atoms with E-state index >= 15 is 0 Å². The number of hydrogen-bond acceptors (Lipinski definition) is 3. The molecule has 1 aromatic heterocycles. The van der Waals surface area contributed by atoms with Gasteiger partial charge in [-0.2, -0.15) is 0 Å². The minimum Gasteiger partial charge on any atom is -0.472 e. The van der Waals surface area contributed by atoms with Crippen molar-refractivity contribution in [1.29, 1.82) is 0 Å². The number of likely N-dealkylation sites (N-methyl/N-ethyl adjacent to an activating group) is 1. The summed E-state index contributed by atoms with van der Waals surface area (Å²) >= 11 is 0. The van der Waals surface area contributed by atoms with Gasteiger partial charge in [0.05, 0.1) is 12.5 Å². The summed E-state index contributed by atoms with van der Waals surface area (Å²) < 4.78 is 5.07. The molecule has 2 N–H and O–H groups in total. The average molecular weight is 208 g/mol. The van der Waals surface area contributed by atoms with Crippen LogP contribution in [0.4, 0.5) is 0 Å². The van der Waals surface area contributed by atoms with Crippen molar-refractivity contribution in [3.63, 3.8) is 0 Å². The van der Waals surface area contributed by atoms with Crippen molar-refractivity contribution in [2.24, 2.45) is 11.7 Å². The molecule has 1 heterocycles. The molecule has 0 amide bonds. The lowest BCUT2D eigenvalue weighted by atomic mass is 9.79. The molecular formula is C12H20N2O. The first-order chi connectivity index (χ1) is 7.31. The highest BCUT2D eigenvalue weighted by Crippen LogP contribution is 2.31. The molecule has 0 radical (unpaired) electrons. The fourth-order valence-electron chi connectivity index (χ4n) is 2.34. The predicted molar refractivity (Wildman–Crippen MR) is 60.4 cm³/mol. The van der Waals surface area contributed by atoms with E-state index in [2.05, 4.69) is 11.9 Å². The largest absolute Gasteiger partial charge is 0.472 e. The lowest BCUT2D eigenvalue weighted by Gasteiger charge is -2.38. The van der Waals surface area contributed by atoms with Crippen molar-refractivity contribution in [2.45, 2.75) is 31.8 Å². The first-order valence-electron chi connectivity index (χ1n) is 5.72. The van der Waals surface area contributed by atoms with Crippen molar-refractivity contribution in [2.75, 3.05) is 13.6 Å². The standard InChI is InChI=1S/C12H20N2O/c1-14(8-10-5-6-15-9-10)12(7-13)11-3-2-4-11/h5-6,9,11-12H,2-4,7-8,13H2,1H3. The molecule has 3 nitrogen and oxygen atoms in total. The van der Waals surface area contributed by atoms with Crippen LogP contribution in [0.15, 0.2) is 23.0 Å². The molecule has 0 aromatic carbocycles. The summed E-state index contributed by atoms with van der Waals surface area (Å²) in [5, 5.41) is 0. The van der Waals surface area contributed by atoms with Gasteiger partial charge in [0.25, 0.3) is 0 Å². The van der Waals surface area contributed by atoms with Gasteiger partial charge in [-0.15, -0.1) is 0 Å². The van der Waals surface area contributed by atoms with Crippen LogP contribution in [-0.4, -0.2) is 24.5 Å². The summed E-state index contributed by atoms with van der Waals surface area (Å²) in [5.41, 5.74) is 7.08. The Morgan fingerprint density at radius 3 is 2.87 bits per heavy atom. The van der Waals surface area contributed by atoms with Gasteiger partial charge in [0.1, 0.15) is 0 Å². The van der Waals surface area contributed by atoms with E-state index in [1.807, 2.05) is 12.3 Å². The Bertz CT molecular complexity index is 280. The van der Waals surface area contributed by atoms with E-state index in [0.717, 1.165) is 19.0 Å². The summed E-state index contributed by atoms with van der Waals surface area (Å²) in [7, 11) is 2.16. The topological polar surface area (TPSA) is 42.4 Å². The molecular weight excluding hydrogens is 188 g/mol. The molecule has 1 atom stereocenters. The van der Waals surface area contributed by atoms with E-state index in [-0.39, 0.29) is 0 Å². The molecule has 15 heavy (non-hydrogen) atoms. The number of furan rings is 1. The third-order valence-corrected chi connectivity index (χ3v) is 3.51. The molecule has 1 aliphatic carbocycles. The van der Waals surface area contributed by atoms with Crippen molar-refractivity contribution >= 4 is 0 Å². The van der Waals surface area contributed by atoms with Crippen LogP contribution in [0, 0.1) is 5.92 Å². The second-order valence-corrected chi connectivity index (χ2v) is 4.54. The SMILES string of the molecule is CN(Cc1ccoc1)C(CN)C1CCC1.